The van der Waals surface area contributed by atoms with Gasteiger partial charge in [-0.2, -0.15) is 0 Å². The van der Waals surface area contributed by atoms with Crippen molar-refractivity contribution in [2.24, 2.45) is 4.99 Å². The predicted molar refractivity (Wildman–Crippen MR) is 94.5 cm³/mol. The number of hydrogen-bond donors (Lipinski definition) is 0. The summed E-state index contributed by atoms with van der Waals surface area (Å²) in [7, 11) is 3.74. The zero-order valence-electron chi connectivity index (χ0n) is 13.9. The maximum absolute atomic E-state index is 12.7. The van der Waals surface area contributed by atoms with Gasteiger partial charge in [-0.15, -0.1) is 0 Å². The van der Waals surface area contributed by atoms with Gasteiger partial charge in [-0.1, -0.05) is 19.1 Å². The molecule has 2 aromatic rings. The predicted octanol–water partition coefficient (Wildman–Crippen LogP) is 3.94. The highest BCUT2D eigenvalue weighted by Crippen LogP contribution is 2.39. The van der Waals surface area contributed by atoms with E-state index in [0.717, 1.165) is 29.2 Å². The van der Waals surface area contributed by atoms with Gasteiger partial charge in [0.1, 0.15) is 0 Å². The number of carbonyl (C=O) groups is 1. The van der Waals surface area contributed by atoms with E-state index >= 15 is 0 Å². The summed E-state index contributed by atoms with van der Waals surface area (Å²) in [5, 5.41) is 0. The summed E-state index contributed by atoms with van der Waals surface area (Å²) in [5.41, 5.74) is 4.30. The van der Waals surface area contributed by atoms with Crippen molar-refractivity contribution < 1.29 is 4.79 Å². The van der Waals surface area contributed by atoms with E-state index < -0.39 is 0 Å². The number of fused-ring (bicyclic) bond motifs is 2. The number of rotatable bonds is 2. The summed E-state index contributed by atoms with van der Waals surface area (Å²) in [6, 6.07) is 9.56. The topological polar surface area (TPSA) is 48.8 Å². The molecule has 1 amide bonds. The first-order valence-corrected chi connectivity index (χ1v) is 7.68. The van der Waals surface area contributed by atoms with E-state index in [4.69, 9.17) is 0 Å². The molecular weight excluding hydrogens is 288 g/mol. The van der Waals surface area contributed by atoms with E-state index in [1.165, 1.54) is 0 Å². The van der Waals surface area contributed by atoms with E-state index in [2.05, 4.69) is 16.9 Å². The number of nitrogens with zero attached hydrogens (tertiary/aromatic N) is 4. The summed E-state index contributed by atoms with van der Waals surface area (Å²) in [4.78, 5) is 25.3. The molecule has 118 valence electrons. The highest BCUT2D eigenvalue weighted by Gasteiger charge is 2.27. The van der Waals surface area contributed by atoms with Gasteiger partial charge in [0.05, 0.1) is 28.8 Å². The van der Waals surface area contributed by atoms with Crippen molar-refractivity contribution in [1.82, 2.24) is 4.98 Å². The molecule has 0 bridgehead atoms. The Morgan fingerprint density at radius 2 is 1.87 bits per heavy atom. The molecule has 1 aliphatic rings. The van der Waals surface area contributed by atoms with Crippen LogP contribution in [0, 0.1) is 0 Å². The highest BCUT2D eigenvalue weighted by molar-refractivity contribution is 6.13. The Balaban J connectivity index is 2.19. The molecule has 2 heterocycles. The van der Waals surface area contributed by atoms with Crippen molar-refractivity contribution in [3.63, 3.8) is 0 Å². The molecule has 5 heteroatoms. The fourth-order valence-electron chi connectivity index (χ4n) is 2.66. The average molecular weight is 308 g/mol. The molecule has 0 spiro atoms. The van der Waals surface area contributed by atoms with Gasteiger partial charge in [0.25, 0.3) is 5.91 Å². The van der Waals surface area contributed by atoms with E-state index in [0.29, 0.717) is 11.4 Å². The maximum atomic E-state index is 12.7. The van der Waals surface area contributed by atoms with Crippen LogP contribution in [0.4, 0.5) is 22.9 Å². The van der Waals surface area contributed by atoms with Crippen LogP contribution in [0.5, 0.6) is 0 Å². The number of aliphatic imine (C=N–C) groups is 1. The molecule has 0 aliphatic carbocycles. The zero-order valence-corrected chi connectivity index (χ0v) is 13.9. The molecule has 1 aromatic heterocycles. The Morgan fingerprint density at radius 3 is 2.61 bits per heavy atom. The summed E-state index contributed by atoms with van der Waals surface area (Å²) in [6.45, 7) is 4.05. The van der Waals surface area contributed by atoms with E-state index in [1.807, 2.05) is 49.2 Å². The van der Waals surface area contributed by atoms with Crippen LogP contribution < -0.4 is 9.80 Å². The fourth-order valence-corrected chi connectivity index (χ4v) is 2.66. The summed E-state index contributed by atoms with van der Waals surface area (Å²) >= 11 is 0. The normalized spacial score (nSPS) is 14.4. The number of pyridine rings is 1. The Bertz CT molecular complexity index is 797. The number of anilines is 3. The average Bonchev–Trinajstić information content (AvgIpc) is 2.66. The molecule has 0 fully saturated rings. The second-order valence-electron chi connectivity index (χ2n) is 5.67. The van der Waals surface area contributed by atoms with E-state index in [-0.39, 0.29) is 5.91 Å². The van der Waals surface area contributed by atoms with Crippen LogP contribution in [-0.4, -0.2) is 30.7 Å². The van der Waals surface area contributed by atoms with Crippen molar-refractivity contribution in [3.05, 3.63) is 42.1 Å². The Morgan fingerprint density at radius 1 is 1.13 bits per heavy atom. The second-order valence-corrected chi connectivity index (χ2v) is 5.67. The minimum Gasteiger partial charge on any atom is -0.342 e. The summed E-state index contributed by atoms with van der Waals surface area (Å²) in [5.74, 6) is 0.629. The fraction of sp³-hybridized carbons (Fsp3) is 0.278. The number of aromatic nitrogens is 1. The summed E-state index contributed by atoms with van der Waals surface area (Å²) in [6.07, 6.45) is 2.60. The first kappa shape index (κ1) is 15.2. The third-order valence-electron chi connectivity index (χ3n) is 4.19. The van der Waals surface area contributed by atoms with Crippen molar-refractivity contribution in [3.8, 4) is 0 Å². The first-order valence-electron chi connectivity index (χ1n) is 7.68. The molecule has 0 unspecified atom stereocenters. The van der Waals surface area contributed by atoms with Crippen LogP contribution in [0.3, 0.4) is 0 Å². The molecular formula is C18H20N4O. The van der Waals surface area contributed by atoms with Crippen molar-refractivity contribution >= 4 is 34.5 Å². The number of carbonyl (C=O) groups excluding carboxylic acids is 1. The second kappa shape index (κ2) is 5.83. The molecule has 0 radical (unpaired) electrons. The molecule has 0 saturated carbocycles. The van der Waals surface area contributed by atoms with E-state index in [9.17, 15) is 4.79 Å². The van der Waals surface area contributed by atoms with Crippen molar-refractivity contribution in [1.29, 1.82) is 0 Å². The van der Waals surface area contributed by atoms with Gasteiger partial charge in [0.15, 0.2) is 5.82 Å². The molecule has 0 N–H and O–H groups in total. The van der Waals surface area contributed by atoms with Gasteiger partial charge in [-0.05, 0) is 25.5 Å². The van der Waals surface area contributed by atoms with E-state index in [1.54, 1.807) is 18.1 Å². The summed E-state index contributed by atoms with van der Waals surface area (Å²) < 4.78 is 0. The SMILES string of the molecule is CCC(C)=Nc1cc2c(cn1)N(C)C(=O)c1ccccc1N2C. The monoisotopic (exact) mass is 308 g/mol. The van der Waals surface area contributed by atoms with Crippen LogP contribution in [0.2, 0.25) is 0 Å². The van der Waals surface area contributed by atoms with Gasteiger partial charge in [-0.3, -0.25) is 4.79 Å². The Hall–Kier alpha value is -2.69. The molecule has 5 nitrogen and oxygen atoms in total. The molecule has 1 aliphatic heterocycles. The van der Waals surface area contributed by atoms with Crippen LogP contribution in [0.1, 0.15) is 30.6 Å². The van der Waals surface area contributed by atoms with Gasteiger partial charge in [0, 0.05) is 25.9 Å². The number of hydrogen-bond acceptors (Lipinski definition) is 4. The molecule has 1 aromatic carbocycles. The minimum absolute atomic E-state index is 0.0333. The third-order valence-corrected chi connectivity index (χ3v) is 4.19. The lowest BCUT2D eigenvalue weighted by Crippen LogP contribution is -2.25. The lowest BCUT2D eigenvalue weighted by molar-refractivity contribution is 0.0994. The highest BCUT2D eigenvalue weighted by atomic mass is 16.2. The smallest absolute Gasteiger partial charge is 0.260 e. The molecule has 23 heavy (non-hydrogen) atoms. The minimum atomic E-state index is -0.0333. The number of amides is 1. The molecule has 3 rings (SSSR count). The quantitative estimate of drug-likeness (QED) is 0.789. The number of para-hydroxylation sites is 1. The standard InChI is InChI=1S/C18H20N4O/c1-5-12(2)20-17-10-15-16(11-19-17)22(4)18(23)13-8-6-7-9-14(13)21(15)3/h6-11H,5H2,1-4H3. The van der Waals surface area contributed by atoms with Crippen LogP contribution in [0.15, 0.2) is 41.5 Å². The lowest BCUT2D eigenvalue weighted by Gasteiger charge is -2.22. The zero-order chi connectivity index (χ0) is 16.6. The largest absolute Gasteiger partial charge is 0.342 e. The van der Waals surface area contributed by atoms with Gasteiger partial charge >= 0.3 is 0 Å². The van der Waals surface area contributed by atoms with Gasteiger partial charge in [0.2, 0.25) is 0 Å². The van der Waals surface area contributed by atoms with Crippen LogP contribution in [0.25, 0.3) is 0 Å². The van der Waals surface area contributed by atoms with Crippen molar-refractivity contribution in [2.45, 2.75) is 20.3 Å². The van der Waals surface area contributed by atoms with Crippen molar-refractivity contribution in [2.75, 3.05) is 23.9 Å². The molecule has 0 atom stereocenters. The maximum Gasteiger partial charge on any atom is 0.260 e. The lowest BCUT2D eigenvalue weighted by atomic mass is 10.1. The van der Waals surface area contributed by atoms with Crippen LogP contribution >= 0.6 is 0 Å². The third kappa shape index (κ3) is 2.59. The Kier molecular flexibility index (Phi) is 3.86. The molecule has 0 saturated heterocycles. The number of benzene rings is 1. The Labute approximate surface area is 136 Å². The van der Waals surface area contributed by atoms with Crippen LogP contribution in [-0.2, 0) is 0 Å². The van der Waals surface area contributed by atoms with Gasteiger partial charge < -0.3 is 9.80 Å². The van der Waals surface area contributed by atoms with Gasteiger partial charge in [-0.25, -0.2) is 9.98 Å². The first-order chi connectivity index (χ1) is 11.0.